The van der Waals surface area contributed by atoms with Crippen LogP contribution in [0.2, 0.25) is 0 Å². The number of alkyl halides is 4. The predicted octanol–water partition coefficient (Wildman–Crippen LogP) is 8.13. The lowest BCUT2D eigenvalue weighted by Gasteiger charge is -2.34. The lowest BCUT2D eigenvalue weighted by Crippen LogP contribution is -2.49. The first kappa shape index (κ1) is 37.7. The van der Waals surface area contributed by atoms with E-state index in [1.54, 1.807) is 11.0 Å². The average molecular weight is 728 g/mol. The molecule has 280 valence electrons. The number of carbonyl (C=O) groups excluding carboxylic acids is 1. The van der Waals surface area contributed by atoms with E-state index in [0.717, 1.165) is 77.1 Å². The first-order valence-electron chi connectivity index (χ1n) is 18.3. The third kappa shape index (κ3) is 8.59. The number of aromatic nitrogens is 1. The first-order valence-corrected chi connectivity index (χ1v) is 18.3. The Hall–Kier alpha value is -4.06. The van der Waals surface area contributed by atoms with E-state index in [-0.39, 0.29) is 49.5 Å². The molecule has 2 atom stereocenters. The van der Waals surface area contributed by atoms with Crippen LogP contribution in [0.15, 0.2) is 41.3 Å². The highest BCUT2D eigenvalue weighted by molar-refractivity contribution is 5.82. The number of amides is 1. The summed E-state index contributed by atoms with van der Waals surface area (Å²) in [5.41, 5.74) is 3.08. The Morgan fingerprint density at radius 2 is 1.63 bits per heavy atom. The molecule has 7 nitrogen and oxygen atoms in total. The number of halogens is 5. The second-order valence-corrected chi connectivity index (χ2v) is 14.9. The Morgan fingerprint density at radius 1 is 0.942 bits per heavy atom. The number of likely N-dealkylation sites (tertiary alicyclic amines) is 1. The van der Waals surface area contributed by atoms with Gasteiger partial charge >= 0.3 is 12.1 Å². The molecule has 2 fully saturated rings. The summed E-state index contributed by atoms with van der Waals surface area (Å²) in [5, 5.41) is 12.7. The van der Waals surface area contributed by atoms with Gasteiger partial charge < -0.3 is 15.0 Å². The van der Waals surface area contributed by atoms with E-state index in [0.29, 0.717) is 24.5 Å². The van der Waals surface area contributed by atoms with E-state index in [9.17, 15) is 37.1 Å². The normalized spacial score (nSPS) is 20.9. The molecule has 3 heterocycles. The number of nitrogens with zero attached hydrogens (tertiary/aromatic N) is 2. The van der Waals surface area contributed by atoms with Crippen LogP contribution in [-0.4, -0.2) is 52.3 Å². The monoisotopic (exact) mass is 727 g/mol. The molecule has 2 N–H and O–H groups in total. The molecule has 2 aliphatic heterocycles. The molecule has 1 amide bonds. The van der Waals surface area contributed by atoms with Gasteiger partial charge in [-0.15, -0.1) is 0 Å². The molecule has 6 rings (SSSR count). The second-order valence-electron chi connectivity index (χ2n) is 14.9. The van der Waals surface area contributed by atoms with Gasteiger partial charge in [-0.05, 0) is 104 Å². The third-order valence-electron chi connectivity index (χ3n) is 10.7. The smallest absolute Gasteiger partial charge is 0.416 e. The van der Waals surface area contributed by atoms with Crippen LogP contribution in [0, 0.1) is 19.7 Å². The summed E-state index contributed by atoms with van der Waals surface area (Å²) in [7, 11) is 0. The molecule has 1 aromatic heterocycles. The zero-order valence-corrected chi connectivity index (χ0v) is 29.6. The topological polar surface area (TPSA) is 91.6 Å². The quantitative estimate of drug-likeness (QED) is 0.240. The van der Waals surface area contributed by atoms with E-state index in [1.807, 2.05) is 19.9 Å². The molecular weight excluding hydrogens is 681 g/mol. The number of aryl methyl sites for hydroxylation is 3. The summed E-state index contributed by atoms with van der Waals surface area (Å²) < 4.78 is 73.4. The van der Waals surface area contributed by atoms with E-state index in [1.165, 1.54) is 0 Å². The van der Waals surface area contributed by atoms with Crippen LogP contribution < -0.4 is 10.9 Å². The molecule has 1 saturated carbocycles. The van der Waals surface area contributed by atoms with E-state index >= 15 is 4.39 Å². The maximum absolute atomic E-state index is 16.5. The van der Waals surface area contributed by atoms with Gasteiger partial charge in [0.05, 0.1) is 18.0 Å². The number of carboxylic acid groups (broad SMARTS) is 1. The first-order chi connectivity index (χ1) is 24.7. The number of carboxylic acids is 1. The molecule has 0 spiro atoms. The van der Waals surface area contributed by atoms with Crippen LogP contribution in [0.4, 0.5) is 22.0 Å². The van der Waals surface area contributed by atoms with Gasteiger partial charge in [-0.2, -0.15) is 13.2 Å². The number of benzene rings is 2. The molecule has 12 heteroatoms. The van der Waals surface area contributed by atoms with Crippen molar-refractivity contribution in [3.8, 4) is 11.1 Å². The number of carbonyl (C=O) groups is 2. The van der Waals surface area contributed by atoms with Crippen LogP contribution in [0.25, 0.3) is 11.1 Å². The largest absolute Gasteiger partial charge is 0.481 e. The number of rotatable bonds is 7. The summed E-state index contributed by atoms with van der Waals surface area (Å²) in [6.45, 7) is 4.40. The summed E-state index contributed by atoms with van der Waals surface area (Å²) in [6, 6.07) is 5.57. The summed E-state index contributed by atoms with van der Waals surface area (Å²) in [5.74, 6) is -2.68. The van der Waals surface area contributed by atoms with Crippen LogP contribution in [-0.2, 0) is 28.6 Å². The predicted molar refractivity (Wildman–Crippen MR) is 188 cm³/mol. The molecule has 2 bridgehead atoms. The zero-order chi connectivity index (χ0) is 37.3. The molecule has 1 aliphatic carbocycles. The highest BCUT2D eigenvalue weighted by Gasteiger charge is 2.37. The average Bonchev–Trinajstić information content (AvgIpc) is 3.89. The number of pyridine rings is 1. The van der Waals surface area contributed by atoms with Crippen LogP contribution in [0.3, 0.4) is 0 Å². The molecule has 52 heavy (non-hydrogen) atoms. The van der Waals surface area contributed by atoms with Crippen molar-refractivity contribution in [2.24, 2.45) is 0 Å². The Balaban J connectivity index is 1.44. The highest BCUT2D eigenvalue weighted by Crippen LogP contribution is 2.45. The Kier molecular flexibility index (Phi) is 11.2. The van der Waals surface area contributed by atoms with Gasteiger partial charge in [0.2, 0.25) is 5.91 Å². The second kappa shape index (κ2) is 15.5. The molecule has 1 saturated heterocycles. The molecule has 2 aromatic carbocycles. The number of hydrogen-bond donors (Lipinski definition) is 2. The van der Waals surface area contributed by atoms with Crippen molar-refractivity contribution < 1.29 is 36.6 Å². The van der Waals surface area contributed by atoms with Crippen molar-refractivity contribution in [1.29, 1.82) is 0 Å². The minimum Gasteiger partial charge on any atom is -0.481 e. The maximum Gasteiger partial charge on any atom is 0.416 e. The Morgan fingerprint density at radius 3 is 2.31 bits per heavy atom. The van der Waals surface area contributed by atoms with Crippen molar-refractivity contribution in [3.05, 3.63) is 91.6 Å². The molecule has 0 unspecified atom stereocenters. The zero-order valence-electron chi connectivity index (χ0n) is 29.6. The molecular formula is C40H46F5N3O4. The Bertz CT molecular complexity index is 1880. The van der Waals surface area contributed by atoms with E-state index in [2.05, 4.69) is 17.4 Å². The van der Waals surface area contributed by atoms with Gasteiger partial charge in [0.25, 0.3) is 5.56 Å². The van der Waals surface area contributed by atoms with Gasteiger partial charge in [0, 0.05) is 37.5 Å². The van der Waals surface area contributed by atoms with Crippen molar-refractivity contribution in [1.82, 2.24) is 14.8 Å². The minimum absolute atomic E-state index is 0.0214. The number of nitrogens with one attached hydrogen (secondary N) is 1. The number of fused-ring (bicyclic) bond motifs is 4. The van der Waals surface area contributed by atoms with E-state index in [4.69, 9.17) is 0 Å². The van der Waals surface area contributed by atoms with Crippen molar-refractivity contribution in [3.63, 3.8) is 0 Å². The number of hydrogen-bond acceptors (Lipinski definition) is 4. The third-order valence-corrected chi connectivity index (χ3v) is 10.7. The molecule has 3 aliphatic rings. The van der Waals surface area contributed by atoms with Crippen LogP contribution in [0.1, 0.15) is 115 Å². The lowest BCUT2D eigenvalue weighted by molar-refractivity contribution is -0.139. The summed E-state index contributed by atoms with van der Waals surface area (Å²) in [4.78, 5) is 41.6. The van der Waals surface area contributed by atoms with Gasteiger partial charge in [-0.25, -0.2) is 8.78 Å². The van der Waals surface area contributed by atoms with Gasteiger partial charge in [0.15, 0.2) is 0 Å². The van der Waals surface area contributed by atoms with E-state index < -0.39 is 59.7 Å². The van der Waals surface area contributed by atoms with Gasteiger partial charge in [0.1, 0.15) is 18.0 Å². The van der Waals surface area contributed by atoms with Crippen molar-refractivity contribution in [2.75, 3.05) is 19.6 Å². The summed E-state index contributed by atoms with van der Waals surface area (Å²) in [6.07, 6.45) is 0.651. The maximum atomic E-state index is 16.5. The summed E-state index contributed by atoms with van der Waals surface area (Å²) >= 11 is 0. The highest BCUT2D eigenvalue weighted by atomic mass is 19.4. The number of aliphatic carboxylic acids is 1. The molecule has 0 radical (unpaired) electrons. The SMILES string of the molecule is Cc1cc(C)c2c(c1)CCCCCCC[C@H](n1cc(CCN3CC(F)C3)c(C(F)(F)F)cc1=O)C(=O)N[C@@H](CC(=O)O)c1cc-2cc(C2CC2)c1F. The Labute approximate surface area is 300 Å². The van der Waals surface area contributed by atoms with Crippen molar-refractivity contribution in [2.45, 2.75) is 115 Å². The molecule has 3 aromatic rings. The lowest BCUT2D eigenvalue weighted by atomic mass is 9.86. The van der Waals surface area contributed by atoms with Crippen LogP contribution >= 0.6 is 0 Å². The minimum atomic E-state index is -4.84. The van der Waals surface area contributed by atoms with Crippen molar-refractivity contribution >= 4 is 11.9 Å². The van der Waals surface area contributed by atoms with Gasteiger partial charge in [-0.3, -0.25) is 19.3 Å². The fourth-order valence-corrected chi connectivity index (χ4v) is 7.95. The fraction of sp³-hybridized carbons (Fsp3) is 0.525. The van der Waals surface area contributed by atoms with Gasteiger partial charge in [-0.1, -0.05) is 43.4 Å². The van der Waals surface area contributed by atoms with Crippen LogP contribution in [0.5, 0.6) is 0 Å². The fourth-order valence-electron chi connectivity index (χ4n) is 7.95. The standard InChI is InChI=1S/C40H46F5N3O4/c1-23-14-24(2)37-26(15-23)8-6-4-3-5-7-9-34(48-20-27(12-13-47-21-29(41)22-47)32(18-35(48)49)40(43,44)45)39(52)46-33(19-36(50)51)31-17-28(37)16-30(38(31)42)25-10-11-25/h14-18,20,25,29,33-34H,3-13,19,21-22H2,1-2H3,(H,46,52)(H,50,51)/t33-,34-/m0/s1.